The van der Waals surface area contributed by atoms with Crippen LogP contribution in [0.15, 0.2) is 70.6 Å². The number of phenolic OH excluding ortho intramolecular Hbond substituents is 2. The van der Waals surface area contributed by atoms with Gasteiger partial charge in [-0.1, -0.05) is 107 Å². The Morgan fingerprint density at radius 3 is 1.12 bits per heavy atom. The molecular weight excluding hydrogens is 617 g/mol. The van der Waals surface area contributed by atoms with Crippen LogP contribution in [0, 0.1) is 0 Å². The number of aryl methyl sites for hydroxylation is 2. The number of aliphatic imine (C=N–C) groups is 2. The second-order valence-corrected chi connectivity index (χ2v) is 17.9. The first kappa shape index (κ1) is 36.7. The minimum atomic E-state index is -0.259. The molecule has 2 N–H and O–H groups in total. The lowest BCUT2D eigenvalue weighted by Gasteiger charge is -2.27. The summed E-state index contributed by atoms with van der Waals surface area (Å²) in [6, 6.07) is 20.8. The van der Waals surface area contributed by atoms with E-state index in [0.717, 1.165) is 44.3 Å². The molecule has 5 rings (SSSR count). The van der Waals surface area contributed by atoms with Crippen LogP contribution in [-0.4, -0.2) is 22.6 Å². The van der Waals surface area contributed by atoms with E-state index >= 15 is 0 Å². The van der Waals surface area contributed by atoms with Gasteiger partial charge in [-0.15, -0.1) is 0 Å². The van der Waals surface area contributed by atoms with Gasteiger partial charge in [-0.3, -0.25) is 9.98 Å². The van der Waals surface area contributed by atoms with E-state index in [0.29, 0.717) is 22.5 Å². The standard InChI is InChI=1S/C44H54N4O2/c1-41(2,3)29-19-27(39(49)31(21-29)43(7,8)9)25-45-33-23-37-38(48(14)36-18-16-15-17-35(36)47(37)13)24-34(33)46-26-28-20-30(42(4,5)6)22-32(40(28)50)44(10,11)12/h15-26H,1-14H3/p+2. The molecule has 0 spiro atoms. The van der Waals surface area contributed by atoms with E-state index in [-0.39, 0.29) is 33.2 Å². The molecule has 262 valence electrons. The van der Waals surface area contributed by atoms with E-state index in [1.54, 1.807) is 12.4 Å². The Hall–Kier alpha value is -4.58. The minimum Gasteiger partial charge on any atom is -0.507 e. The predicted octanol–water partition coefficient (Wildman–Crippen LogP) is 9.74. The molecule has 0 saturated heterocycles. The summed E-state index contributed by atoms with van der Waals surface area (Å²) < 4.78 is 4.36. The van der Waals surface area contributed by atoms with Crippen molar-refractivity contribution in [3.63, 3.8) is 0 Å². The number of aromatic hydroxyl groups is 2. The molecule has 50 heavy (non-hydrogen) atoms. The van der Waals surface area contributed by atoms with Crippen LogP contribution in [0.1, 0.15) is 116 Å². The van der Waals surface area contributed by atoms with Crippen LogP contribution in [0.5, 0.6) is 11.5 Å². The summed E-state index contributed by atoms with van der Waals surface area (Å²) >= 11 is 0. The highest BCUT2D eigenvalue weighted by Gasteiger charge is 2.28. The predicted molar refractivity (Wildman–Crippen MR) is 209 cm³/mol. The zero-order valence-corrected chi connectivity index (χ0v) is 32.6. The monoisotopic (exact) mass is 672 g/mol. The fraction of sp³-hybridized carbons (Fsp3) is 0.409. The van der Waals surface area contributed by atoms with Crippen molar-refractivity contribution in [2.75, 3.05) is 0 Å². The van der Waals surface area contributed by atoms with Gasteiger partial charge in [0.25, 0.3) is 22.1 Å². The summed E-state index contributed by atoms with van der Waals surface area (Å²) in [5.41, 5.74) is 10.1. The third-order valence-corrected chi connectivity index (χ3v) is 9.71. The van der Waals surface area contributed by atoms with Crippen LogP contribution in [0.4, 0.5) is 11.4 Å². The van der Waals surface area contributed by atoms with Crippen molar-refractivity contribution in [2.24, 2.45) is 24.1 Å². The first-order valence-electron chi connectivity index (χ1n) is 17.6. The van der Waals surface area contributed by atoms with Gasteiger partial charge in [0, 0.05) is 58.9 Å². The number of hydrogen-bond acceptors (Lipinski definition) is 4. The lowest BCUT2D eigenvalue weighted by Crippen LogP contribution is -2.41. The van der Waals surface area contributed by atoms with Crippen molar-refractivity contribution < 1.29 is 19.3 Å². The van der Waals surface area contributed by atoms with E-state index in [1.165, 1.54) is 0 Å². The van der Waals surface area contributed by atoms with Gasteiger partial charge in [0.1, 0.15) is 25.6 Å². The molecule has 0 aliphatic heterocycles. The summed E-state index contributed by atoms with van der Waals surface area (Å²) in [7, 11) is 4.14. The number of nitrogens with zero attached hydrogens (tertiary/aromatic N) is 4. The Kier molecular flexibility index (Phi) is 9.27. The zero-order valence-electron chi connectivity index (χ0n) is 32.6. The van der Waals surface area contributed by atoms with Gasteiger partial charge in [-0.2, -0.15) is 9.13 Å². The van der Waals surface area contributed by atoms with Crippen molar-refractivity contribution in [3.05, 3.63) is 94.0 Å². The van der Waals surface area contributed by atoms with Crippen LogP contribution in [-0.2, 0) is 35.8 Å². The number of fused-ring (bicyclic) bond motifs is 2. The van der Waals surface area contributed by atoms with Gasteiger partial charge < -0.3 is 10.2 Å². The Bertz CT molecular complexity index is 2030. The fourth-order valence-corrected chi connectivity index (χ4v) is 6.39. The summed E-state index contributed by atoms with van der Waals surface area (Å²) in [6.45, 7) is 25.8. The quantitative estimate of drug-likeness (QED) is 0.113. The fourth-order valence-electron chi connectivity index (χ4n) is 6.39. The Labute approximate surface area is 298 Å². The second-order valence-electron chi connectivity index (χ2n) is 17.9. The van der Waals surface area contributed by atoms with Gasteiger partial charge in [-0.25, -0.2) is 0 Å². The van der Waals surface area contributed by atoms with E-state index in [2.05, 4.69) is 143 Å². The molecule has 4 aromatic carbocycles. The second kappa shape index (κ2) is 12.6. The van der Waals surface area contributed by atoms with Crippen molar-refractivity contribution >= 4 is 45.9 Å². The smallest absolute Gasteiger partial charge is 0.280 e. The molecule has 0 amide bonds. The van der Waals surface area contributed by atoms with Crippen LogP contribution in [0.2, 0.25) is 0 Å². The average Bonchev–Trinajstić information content (AvgIpc) is 3.00. The number of para-hydroxylation sites is 2. The zero-order chi connectivity index (χ0) is 37.1. The summed E-state index contributed by atoms with van der Waals surface area (Å²) in [4.78, 5) is 10.1. The molecule has 0 atom stereocenters. The number of benzene rings is 4. The Morgan fingerprint density at radius 1 is 0.480 bits per heavy atom. The van der Waals surface area contributed by atoms with E-state index in [9.17, 15) is 10.2 Å². The molecule has 0 radical (unpaired) electrons. The van der Waals surface area contributed by atoms with E-state index in [1.807, 2.05) is 24.3 Å². The largest absolute Gasteiger partial charge is 0.507 e. The maximum Gasteiger partial charge on any atom is 0.280 e. The molecule has 0 saturated carbocycles. The molecule has 0 unspecified atom stereocenters. The highest BCUT2D eigenvalue weighted by atomic mass is 16.3. The molecule has 6 heteroatoms. The van der Waals surface area contributed by atoms with Gasteiger partial charge in [-0.05, 0) is 44.9 Å². The molecule has 0 aliphatic rings. The van der Waals surface area contributed by atoms with Gasteiger partial charge in [0.2, 0.25) is 0 Å². The van der Waals surface area contributed by atoms with Crippen molar-refractivity contribution in [1.82, 2.24) is 0 Å². The van der Waals surface area contributed by atoms with Crippen LogP contribution in [0.3, 0.4) is 0 Å². The highest BCUT2D eigenvalue weighted by Crippen LogP contribution is 2.40. The molecule has 1 aromatic heterocycles. The molecule has 6 nitrogen and oxygen atoms in total. The minimum absolute atomic E-state index is 0.117. The molecule has 0 fully saturated rings. The van der Waals surface area contributed by atoms with Crippen LogP contribution in [0.25, 0.3) is 22.1 Å². The summed E-state index contributed by atoms with van der Waals surface area (Å²) in [6.07, 6.45) is 3.52. The molecule has 0 bridgehead atoms. The third-order valence-electron chi connectivity index (χ3n) is 9.71. The van der Waals surface area contributed by atoms with Crippen molar-refractivity contribution in [3.8, 4) is 11.5 Å². The Balaban J connectivity index is 1.79. The first-order chi connectivity index (χ1) is 23.0. The lowest BCUT2D eigenvalue weighted by atomic mass is 9.79. The number of hydrogen-bond donors (Lipinski definition) is 2. The van der Waals surface area contributed by atoms with Crippen molar-refractivity contribution in [2.45, 2.75) is 105 Å². The van der Waals surface area contributed by atoms with Gasteiger partial charge >= 0.3 is 0 Å². The van der Waals surface area contributed by atoms with E-state index < -0.39 is 0 Å². The van der Waals surface area contributed by atoms with Gasteiger partial charge in [0.15, 0.2) is 0 Å². The summed E-state index contributed by atoms with van der Waals surface area (Å²) in [5, 5.41) is 23.1. The molecule has 0 aliphatic carbocycles. The average molecular weight is 673 g/mol. The summed E-state index contributed by atoms with van der Waals surface area (Å²) in [5.74, 6) is 0.475. The number of phenols is 2. The molecule has 1 heterocycles. The SMILES string of the molecule is C[n+]1c2ccccc2[n+](C)c2cc(N=Cc3cc(C(C)(C)C)cc(C(C)(C)C)c3O)c(N=Cc3cc(C(C)(C)C)cc(C(C)(C)C)c3O)cc21. The van der Waals surface area contributed by atoms with Crippen LogP contribution >= 0.6 is 0 Å². The van der Waals surface area contributed by atoms with Crippen LogP contribution < -0.4 is 9.13 Å². The maximum absolute atomic E-state index is 11.5. The normalized spacial score (nSPS) is 13.4. The van der Waals surface area contributed by atoms with Crippen molar-refractivity contribution in [1.29, 1.82) is 0 Å². The lowest BCUT2D eigenvalue weighted by molar-refractivity contribution is -0.658. The Morgan fingerprint density at radius 2 is 0.820 bits per heavy atom. The highest BCUT2D eigenvalue weighted by molar-refractivity contribution is 5.93. The van der Waals surface area contributed by atoms with Gasteiger partial charge in [0.05, 0.1) is 11.4 Å². The maximum atomic E-state index is 11.5. The number of rotatable bonds is 4. The first-order valence-corrected chi connectivity index (χ1v) is 17.6. The third kappa shape index (κ3) is 7.17. The van der Waals surface area contributed by atoms with E-state index in [4.69, 9.17) is 9.98 Å². The molecule has 5 aromatic rings. The number of aromatic nitrogens is 2. The molecular formula is C44H56N4O2+2. The topological polar surface area (TPSA) is 72.9 Å².